The second kappa shape index (κ2) is 9.93. The zero-order valence-electron chi connectivity index (χ0n) is 18.5. The maximum Gasteiger partial charge on any atom is 0.341 e. The molecule has 6 heteroatoms. The van der Waals surface area contributed by atoms with E-state index in [2.05, 4.69) is 26.1 Å². The van der Waals surface area contributed by atoms with Crippen LogP contribution >= 0.6 is 11.3 Å². The summed E-state index contributed by atoms with van der Waals surface area (Å²) in [5.41, 5.74) is 3.39. The molecule has 0 fully saturated rings. The van der Waals surface area contributed by atoms with Crippen molar-refractivity contribution in [2.45, 2.75) is 58.8 Å². The van der Waals surface area contributed by atoms with Crippen LogP contribution in [-0.2, 0) is 16.0 Å². The molecule has 1 heterocycles. The monoisotopic (exact) mass is 436 g/mol. The van der Waals surface area contributed by atoms with Crippen molar-refractivity contribution in [2.24, 2.45) is 0 Å². The summed E-state index contributed by atoms with van der Waals surface area (Å²) >= 11 is 1.42. The molecule has 3 rings (SSSR count). The van der Waals surface area contributed by atoms with E-state index in [4.69, 9.17) is 4.74 Å². The number of carbonyl (C=O) groups is 2. The van der Waals surface area contributed by atoms with Crippen LogP contribution in [-0.4, -0.2) is 18.5 Å². The first-order valence-electron chi connectivity index (χ1n) is 10.7. The molecule has 0 radical (unpaired) electrons. The van der Waals surface area contributed by atoms with Crippen LogP contribution in [0.4, 0.5) is 5.00 Å². The molecule has 1 aromatic carbocycles. The van der Waals surface area contributed by atoms with Gasteiger partial charge >= 0.3 is 5.97 Å². The largest absolute Gasteiger partial charge is 0.462 e. The molecule has 1 unspecified atom stereocenters. The van der Waals surface area contributed by atoms with E-state index in [0.717, 1.165) is 35.3 Å². The molecule has 1 N–H and O–H groups in total. The fourth-order valence-corrected chi connectivity index (χ4v) is 5.21. The fraction of sp³-hybridized carbons (Fsp3) is 0.400. The Morgan fingerprint density at radius 1 is 1.32 bits per heavy atom. The number of nitrogens with one attached hydrogen (secondary N) is 1. The Labute approximate surface area is 187 Å². The molecule has 1 amide bonds. The Bertz CT molecular complexity index is 1040. The zero-order chi connectivity index (χ0) is 22.5. The van der Waals surface area contributed by atoms with E-state index in [1.165, 1.54) is 16.9 Å². The van der Waals surface area contributed by atoms with Crippen LogP contribution < -0.4 is 5.32 Å². The zero-order valence-corrected chi connectivity index (χ0v) is 19.3. The molecule has 31 heavy (non-hydrogen) atoms. The molecule has 2 aromatic rings. The minimum Gasteiger partial charge on any atom is -0.462 e. The van der Waals surface area contributed by atoms with Gasteiger partial charge in [0.05, 0.1) is 12.2 Å². The highest BCUT2D eigenvalue weighted by atomic mass is 32.1. The number of nitriles is 1. The molecule has 0 bridgehead atoms. The molecular formula is C25H28N2O3S. The standard InChI is InChI=1S/C25H28N2O3S/c1-5-30-25(29)22-21-16(4)7-6-8-20(21)31-24(22)27-23(28)19(14-26)13-17-9-11-18(12-10-17)15(2)3/h9-13,15-16H,5-8H2,1-4H3,(H,27,28). The molecule has 0 aliphatic heterocycles. The van der Waals surface area contributed by atoms with Gasteiger partial charge < -0.3 is 10.1 Å². The van der Waals surface area contributed by atoms with Crippen LogP contribution in [0.5, 0.6) is 0 Å². The summed E-state index contributed by atoms with van der Waals surface area (Å²) in [7, 11) is 0. The Hall–Kier alpha value is -2.91. The highest BCUT2D eigenvalue weighted by Crippen LogP contribution is 2.43. The third kappa shape index (κ3) is 5.05. The molecule has 5 nitrogen and oxygen atoms in total. The van der Waals surface area contributed by atoms with E-state index in [-0.39, 0.29) is 18.1 Å². The topological polar surface area (TPSA) is 79.2 Å². The molecule has 1 aliphatic rings. The number of ether oxygens (including phenoxy) is 1. The lowest BCUT2D eigenvalue weighted by Crippen LogP contribution is -2.17. The molecule has 1 aliphatic carbocycles. The van der Waals surface area contributed by atoms with Crippen LogP contribution in [0.2, 0.25) is 0 Å². The number of anilines is 1. The smallest absolute Gasteiger partial charge is 0.341 e. The molecular weight excluding hydrogens is 408 g/mol. The SMILES string of the molecule is CCOC(=O)c1c(NC(=O)C(C#N)=Cc2ccc(C(C)C)cc2)sc2c1C(C)CCC2. The summed E-state index contributed by atoms with van der Waals surface area (Å²) in [6, 6.07) is 9.78. The van der Waals surface area contributed by atoms with Crippen molar-refractivity contribution >= 4 is 34.3 Å². The van der Waals surface area contributed by atoms with Crippen molar-refractivity contribution in [1.29, 1.82) is 5.26 Å². The van der Waals surface area contributed by atoms with Gasteiger partial charge in [0.1, 0.15) is 16.6 Å². The number of esters is 1. The Morgan fingerprint density at radius 2 is 2.03 bits per heavy atom. The van der Waals surface area contributed by atoms with E-state index < -0.39 is 11.9 Å². The first kappa shape index (κ1) is 22.8. The number of rotatable bonds is 6. The fourth-order valence-electron chi connectivity index (χ4n) is 3.87. The Balaban J connectivity index is 1.91. The van der Waals surface area contributed by atoms with E-state index in [0.29, 0.717) is 16.5 Å². The first-order chi connectivity index (χ1) is 14.8. The second-order valence-corrected chi connectivity index (χ2v) is 9.21. The van der Waals surface area contributed by atoms with Gasteiger partial charge in [-0.1, -0.05) is 45.0 Å². The van der Waals surface area contributed by atoms with E-state index in [1.807, 2.05) is 30.3 Å². The van der Waals surface area contributed by atoms with Gasteiger partial charge in [-0.3, -0.25) is 4.79 Å². The number of nitrogens with zero attached hydrogens (tertiary/aromatic N) is 1. The first-order valence-corrected chi connectivity index (χ1v) is 11.5. The number of aryl methyl sites for hydroxylation is 1. The van der Waals surface area contributed by atoms with Gasteiger partial charge in [-0.15, -0.1) is 11.3 Å². The molecule has 0 saturated carbocycles. The number of carbonyl (C=O) groups excluding carboxylic acids is 2. The van der Waals surface area contributed by atoms with Gasteiger partial charge in [-0.25, -0.2) is 4.79 Å². The van der Waals surface area contributed by atoms with Crippen molar-refractivity contribution in [3.05, 3.63) is 57.0 Å². The normalized spacial score (nSPS) is 15.9. The third-order valence-electron chi connectivity index (χ3n) is 5.54. The van der Waals surface area contributed by atoms with Gasteiger partial charge in [0, 0.05) is 4.88 Å². The average molecular weight is 437 g/mol. The maximum absolute atomic E-state index is 12.9. The third-order valence-corrected chi connectivity index (χ3v) is 6.72. The van der Waals surface area contributed by atoms with Gasteiger partial charge in [-0.05, 0) is 60.8 Å². The van der Waals surface area contributed by atoms with Crippen LogP contribution in [0.25, 0.3) is 6.08 Å². The summed E-state index contributed by atoms with van der Waals surface area (Å²) in [5.74, 6) is -0.302. The predicted molar refractivity (Wildman–Crippen MR) is 124 cm³/mol. The lowest BCUT2D eigenvalue weighted by Gasteiger charge is -2.19. The lowest BCUT2D eigenvalue weighted by molar-refractivity contribution is -0.112. The minimum absolute atomic E-state index is 0.00785. The summed E-state index contributed by atoms with van der Waals surface area (Å²) in [4.78, 5) is 26.7. The Kier molecular flexibility index (Phi) is 7.29. The van der Waals surface area contributed by atoms with E-state index in [1.54, 1.807) is 13.0 Å². The minimum atomic E-state index is -0.521. The van der Waals surface area contributed by atoms with Gasteiger partial charge in [0.15, 0.2) is 0 Å². The molecule has 0 saturated heterocycles. The quantitative estimate of drug-likeness (QED) is 0.340. The average Bonchev–Trinajstić information content (AvgIpc) is 3.11. The van der Waals surface area contributed by atoms with Crippen LogP contribution in [0.15, 0.2) is 29.8 Å². The lowest BCUT2D eigenvalue weighted by atomic mass is 9.86. The molecule has 0 spiro atoms. The van der Waals surface area contributed by atoms with Gasteiger partial charge in [0.25, 0.3) is 5.91 Å². The van der Waals surface area contributed by atoms with Crippen molar-refractivity contribution in [1.82, 2.24) is 0 Å². The van der Waals surface area contributed by atoms with Crippen LogP contribution in [0.3, 0.4) is 0 Å². The van der Waals surface area contributed by atoms with E-state index in [9.17, 15) is 14.9 Å². The van der Waals surface area contributed by atoms with Crippen LogP contribution in [0.1, 0.15) is 84.3 Å². The molecule has 1 aromatic heterocycles. The number of benzene rings is 1. The van der Waals surface area contributed by atoms with E-state index >= 15 is 0 Å². The maximum atomic E-state index is 12.9. The number of fused-ring (bicyclic) bond motifs is 1. The van der Waals surface area contributed by atoms with Gasteiger partial charge in [-0.2, -0.15) is 5.26 Å². The van der Waals surface area contributed by atoms with Crippen molar-refractivity contribution < 1.29 is 14.3 Å². The highest BCUT2D eigenvalue weighted by molar-refractivity contribution is 7.17. The van der Waals surface area contributed by atoms with Crippen LogP contribution in [0, 0.1) is 11.3 Å². The summed E-state index contributed by atoms with van der Waals surface area (Å²) in [5, 5.41) is 12.9. The second-order valence-electron chi connectivity index (χ2n) is 8.10. The molecule has 1 atom stereocenters. The number of amides is 1. The molecule has 162 valence electrons. The Morgan fingerprint density at radius 3 is 2.65 bits per heavy atom. The summed E-state index contributed by atoms with van der Waals surface area (Å²) < 4.78 is 5.27. The van der Waals surface area contributed by atoms with Crippen molar-refractivity contribution in [3.63, 3.8) is 0 Å². The number of thiophene rings is 1. The number of hydrogen-bond acceptors (Lipinski definition) is 5. The number of hydrogen-bond donors (Lipinski definition) is 1. The van der Waals surface area contributed by atoms with Crippen molar-refractivity contribution in [3.8, 4) is 6.07 Å². The summed E-state index contributed by atoms with van der Waals surface area (Å²) in [6.45, 7) is 8.35. The summed E-state index contributed by atoms with van der Waals surface area (Å²) in [6.07, 6.45) is 4.51. The highest BCUT2D eigenvalue weighted by Gasteiger charge is 2.31. The van der Waals surface area contributed by atoms with Crippen molar-refractivity contribution in [2.75, 3.05) is 11.9 Å². The van der Waals surface area contributed by atoms with Gasteiger partial charge in [0.2, 0.25) is 0 Å². The predicted octanol–water partition coefficient (Wildman–Crippen LogP) is 6.03.